The van der Waals surface area contributed by atoms with Crippen LogP contribution in [0.3, 0.4) is 0 Å². The highest BCUT2D eigenvalue weighted by Crippen LogP contribution is 2.41. The maximum atomic E-state index is 10.9. The van der Waals surface area contributed by atoms with Crippen LogP contribution in [0.15, 0.2) is 18.2 Å². The summed E-state index contributed by atoms with van der Waals surface area (Å²) in [7, 11) is 0. The molecule has 1 aromatic carbocycles. The van der Waals surface area contributed by atoms with E-state index >= 15 is 0 Å². The largest absolute Gasteiger partial charge is 0.298 e. The van der Waals surface area contributed by atoms with E-state index in [1.165, 1.54) is 24.0 Å². The van der Waals surface area contributed by atoms with Crippen LogP contribution in [0.1, 0.15) is 61.0 Å². The Bertz CT molecular complexity index is 381. The summed E-state index contributed by atoms with van der Waals surface area (Å²) in [4.78, 5) is 10.9. The molecule has 0 spiro atoms. The standard InChI is InChI=1S/C14H18O/c1-14(2,3)13-7-10(9-15)6-12(8-13)11-4-5-11/h6-9,11H,4-5H2,1-3H3. The molecule has 1 saturated carbocycles. The Hall–Kier alpha value is -1.11. The van der Waals surface area contributed by atoms with Gasteiger partial charge in [-0.1, -0.05) is 26.8 Å². The summed E-state index contributed by atoms with van der Waals surface area (Å²) in [6.45, 7) is 6.56. The van der Waals surface area contributed by atoms with Crippen LogP contribution in [0.2, 0.25) is 0 Å². The second kappa shape index (κ2) is 3.48. The minimum absolute atomic E-state index is 0.128. The highest BCUT2D eigenvalue weighted by Gasteiger charge is 2.25. The second-order valence-corrected chi connectivity index (χ2v) is 5.53. The van der Waals surface area contributed by atoms with Crippen molar-refractivity contribution in [1.29, 1.82) is 0 Å². The zero-order valence-electron chi connectivity index (χ0n) is 9.71. The van der Waals surface area contributed by atoms with Crippen LogP contribution >= 0.6 is 0 Å². The fourth-order valence-electron chi connectivity index (χ4n) is 1.83. The van der Waals surface area contributed by atoms with Gasteiger partial charge in [-0.05, 0) is 47.4 Å². The summed E-state index contributed by atoms with van der Waals surface area (Å²) in [6.07, 6.45) is 3.53. The monoisotopic (exact) mass is 202 g/mol. The molecular weight excluding hydrogens is 184 g/mol. The minimum atomic E-state index is 0.128. The third-order valence-electron chi connectivity index (χ3n) is 3.03. The van der Waals surface area contributed by atoms with Crippen LogP contribution in [-0.2, 0) is 5.41 Å². The lowest BCUT2D eigenvalue weighted by Gasteiger charge is -2.20. The molecule has 80 valence electrons. The van der Waals surface area contributed by atoms with Crippen LogP contribution < -0.4 is 0 Å². The quantitative estimate of drug-likeness (QED) is 0.669. The zero-order valence-corrected chi connectivity index (χ0v) is 9.71. The van der Waals surface area contributed by atoms with Crippen molar-refractivity contribution in [2.24, 2.45) is 0 Å². The summed E-state index contributed by atoms with van der Waals surface area (Å²) in [5, 5.41) is 0. The number of carbonyl (C=O) groups excluding carboxylic acids is 1. The highest BCUT2D eigenvalue weighted by atomic mass is 16.1. The fraction of sp³-hybridized carbons (Fsp3) is 0.500. The van der Waals surface area contributed by atoms with Crippen molar-refractivity contribution in [3.8, 4) is 0 Å². The van der Waals surface area contributed by atoms with Gasteiger partial charge in [-0.3, -0.25) is 4.79 Å². The van der Waals surface area contributed by atoms with Crippen molar-refractivity contribution in [3.63, 3.8) is 0 Å². The number of carbonyl (C=O) groups is 1. The van der Waals surface area contributed by atoms with Crippen LogP contribution in [-0.4, -0.2) is 6.29 Å². The first-order valence-corrected chi connectivity index (χ1v) is 5.61. The molecule has 0 aliphatic heterocycles. The normalized spacial score (nSPS) is 16.5. The Kier molecular flexibility index (Phi) is 2.41. The maximum absolute atomic E-state index is 10.9. The van der Waals surface area contributed by atoms with Crippen LogP contribution in [0, 0.1) is 0 Å². The molecule has 0 atom stereocenters. The summed E-state index contributed by atoms with van der Waals surface area (Å²) < 4.78 is 0. The first kappa shape index (κ1) is 10.4. The molecular formula is C14H18O. The number of hydrogen-bond acceptors (Lipinski definition) is 1. The van der Waals surface area contributed by atoms with E-state index in [-0.39, 0.29) is 5.41 Å². The lowest BCUT2D eigenvalue weighted by atomic mass is 9.84. The second-order valence-electron chi connectivity index (χ2n) is 5.53. The van der Waals surface area contributed by atoms with Crippen LogP contribution in [0.25, 0.3) is 0 Å². The van der Waals surface area contributed by atoms with E-state index in [1.54, 1.807) is 0 Å². The van der Waals surface area contributed by atoms with Gasteiger partial charge in [-0.15, -0.1) is 0 Å². The van der Waals surface area contributed by atoms with Crippen molar-refractivity contribution in [1.82, 2.24) is 0 Å². The van der Waals surface area contributed by atoms with E-state index in [1.807, 2.05) is 12.1 Å². The third-order valence-corrected chi connectivity index (χ3v) is 3.03. The summed E-state index contributed by atoms with van der Waals surface area (Å²) in [6, 6.07) is 6.32. The molecule has 0 unspecified atom stereocenters. The van der Waals surface area contributed by atoms with Gasteiger partial charge in [0.1, 0.15) is 6.29 Å². The van der Waals surface area contributed by atoms with E-state index in [9.17, 15) is 4.79 Å². The molecule has 0 amide bonds. The van der Waals surface area contributed by atoms with Crippen molar-refractivity contribution < 1.29 is 4.79 Å². The molecule has 0 N–H and O–H groups in total. The van der Waals surface area contributed by atoms with Crippen molar-refractivity contribution in [2.45, 2.75) is 44.9 Å². The number of rotatable bonds is 2. The Morgan fingerprint density at radius 3 is 2.33 bits per heavy atom. The molecule has 2 rings (SSSR count). The van der Waals surface area contributed by atoms with Gasteiger partial charge in [0.25, 0.3) is 0 Å². The van der Waals surface area contributed by atoms with E-state index in [0.717, 1.165) is 11.8 Å². The molecule has 15 heavy (non-hydrogen) atoms. The Morgan fingerprint density at radius 1 is 1.20 bits per heavy atom. The zero-order chi connectivity index (χ0) is 11.1. The topological polar surface area (TPSA) is 17.1 Å². The van der Waals surface area contributed by atoms with E-state index < -0.39 is 0 Å². The lowest BCUT2D eigenvalue weighted by molar-refractivity contribution is 0.112. The summed E-state index contributed by atoms with van der Waals surface area (Å²) in [5.74, 6) is 0.714. The molecule has 0 radical (unpaired) electrons. The molecule has 1 nitrogen and oxygen atoms in total. The Morgan fingerprint density at radius 2 is 1.87 bits per heavy atom. The molecule has 0 heterocycles. The molecule has 1 aliphatic carbocycles. The highest BCUT2D eigenvalue weighted by molar-refractivity contribution is 5.76. The fourth-order valence-corrected chi connectivity index (χ4v) is 1.83. The number of hydrogen-bond donors (Lipinski definition) is 0. The van der Waals surface area contributed by atoms with Crippen LogP contribution in [0.4, 0.5) is 0 Å². The maximum Gasteiger partial charge on any atom is 0.150 e. The number of aldehydes is 1. The average molecular weight is 202 g/mol. The van der Waals surface area contributed by atoms with Crippen LogP contribution in [0.5, 0.6) is 0 Å². The number of benzene rings is 1. The van der Waals surface area contributed by atoms with Gasteiger partial charge < -0.3 is 0 Å². The lowest BCUT2D eigenvalue weighted by Crippen LogP contribution is -2.12. The molecule has 1 heteroatoms. The first-order valence-electron chi connectivity index (χ1n) is 5.61. The molecule has 1 aromatic rings. The Labute approximate surface area is 91.5 Å². The SMILES string of the molecule is CC(C)(C)c1cc(C=O)cc(C2CC2)c1. The van der Waals surface area contributed by atoms with Gasteiger partial charge in [-0.25, -0.2) is 0 Å². The van der Waals surface area contributed by atoms with E-state index in [0.29, 0.717) is 5.92 Å². The van der Waals surface area contributed by atoms with Gasteiger partial charge in [0.2, 0.25) is 0 Å². The predicted molar refractivity (Wildman–Crippen MR) is 62.5 cm³/mol. The molecule has 0 aromatic heterocycles. The minimum Gasteiger partial charge on any atom is -0.298 e. The van der Waals surface area contributed by atoms with Gasteiger partial charge in [0, 0.05) is 5.56 Å². The summed E-state index contributed by atoms with van der Waals surface area (Å²) >= 11 is 0. The first-order chi connectivity index (χ1) is 7.00. The van der Waals surface area contributed by atoms with Gasteiger partial charge in [0.05, 0.1) is 0 Å². The Balaban J connectivity index is 2.45. The summed E-state index contributed by atoms with van der Waals surface area (Å²) in [5.41, 5.74) is 3.57. The van der Waals surface area contributed by atoms with Crippen molar-refractivity contribution >= 4 is 6.29 Å². The van der Waals surface area contributed by atoms with Gasteiger partial charge >= 0.3 is 0 Å². The van der Waals surface area contributed by atoms with Crippen molar-refractivity contribution in [2.75, 3.05) is 0 Å². The smallest absolute Gasteiger partial charge is 0.150 e. The molecule has 1 fully saturated rings. The molecule has 1 aliphatic rings. The molecule has 0 saturated heterocycles. The van der Waals surface area contributed by atoms with E-state index in [2.05, 4.69) is 26.8 Å². The van der Waals surface area contributed by atoms with E-state index in [4.69, 9.17) is 0 Å². The third kappa shape index (κ3) is 2.28. The average Bonchev–Trinajstić information content (AvgIpc) is 2.99. The van der Waals surface area contributed by atoms with Gasteiger partial charge in [0.15, 0.2) is 0 Å². The predicted octanol–water partition coefficient (Wildman–Crippen LogP) is 3.67. The molecule has 0 bridgehead atoms. The van der Waals surface area contributed by atoms with Crippen molar-refractivity contribution in [3.05, 3.63) is 34.9 Å². The van der Waals surface area contributed by atoms with Gasteiger partial charge in [-0.2, -0.15) is 0 Å².